The zero-order valence-electron chi connectivity index (χ0n) is 15.3. The van der Waals surface area contributed by atoms with Crippen LogP contribution in [0.15, 0.2) is 12.2 Å². The number of Topliss-reactive ketones (excluding diaryl/α,β-unsaturated/α-hetero) is 1. The Balaban J connectivity index is 1.95. The predicted octanol–water partition coefficient (Wildman–Crippen LogP) is 1.04. The molecule has 9 atom stereocenters. The Hall–Kier alpha value is -0.750. The van der Waals surface area contributed by atoms with Crippen LogP contribution in [0, 0.1) is 34.0 Å². The first-order valence-corrected chi connectivity index (χ1v) is 9.46. The molecule has 140 valence electrons. The molecule has 4 saturated carbocycles. The lowest BCUT2D eigenvalue weighted by molar-refractivity contribution is -0.274. The number of rotatable bonds is 0. The zero-order valence-corrected chi connectivity index (χ0v) is 15.3. The number of aliphatic hydroxyl groups is 4. The third kappa shape index (κ3) is 1.76. The predicted molar refractivity (Wildman–Crippen MR) is 91.4 cm³/mol. The fourth-order valence-electron chi connectivity index (χ4n) is 7.38. The first kappa shape index (κ1) is 17.7. The normalized spacial score (nSPS) is 57.2. The van der Waals surface area contributed by atoms with E-state index in [9.17, 15) is 25.2 Å². The first-order chi connectivity index (χ1) is 11.5. The molecule has 5 heteroatoms. The summed E-state index contributed by atoms with van der Waals surface area (Å²) in [6.45, 7) is 10.1. The van der Waals surface area contributed by atoms with Crippen molar-refractivity contribution >= 4 is 5.78 Å². The van der Waals surface area contributed by atoms with Crippen LogP contribution in [0.1, 0.15) is 46.5 Å². The van der Waals surface area contributed by atoms with E-state index in [1.165, 1.54) is 0 Å². The van der Waals surface area contributed by atoms with Crippen molar-refractivity contribution < 1.29 is 25.2 Å². The van der Waals surface area contributed by atoms with Crippen molar-refractivity contribution in [1.82, 2.24) is 0 Å². The molecule has 0 aliphatic heterocycles. The minimum absolute atomic E-state index is 0.0329. The van der Waals surface area contributed by atoms with E-state index in [-0.39, 0.29) is 23.5 Å². The Kier molecular flexibility index (Phi) is 3.49. The lowest BCUT2D eigenvalue weighted by Crippen LogP contribution is -2.72. The van der Waals surface area contributed by atoms with Gasteiger partial charge >= 0.3 is 0 Å². The summed E-state index contributed by atoms with van der Waals surface area (Å²) in [5.74, 6) is -1.51. The highest BCUT2D eigenvalue weighted by Gasteiger charge is 2.77. The Morgan fingerprint density at radius 2 is 1.68 bits per heavy atom. The summed E-state index contributed by atoms with van der Waals surface area (Å²) in [7, 11) is 0. The molecular weight excluding hydrogens is 320 g/mol. The van der Waals surface area contributed by atoms with Crippen LogP contribution in [-0.4, -0.2) is 50.6 Å². The average Bonchev–Trinajstić information content (AvgIpc) is 2.65. The molecule has 4 aliphatic rings. The number of hydrogen-bond donors (Lipinski definition) is 4. The largest absolute Gasteiger partial charge is 0.393 e. The third-order valence-electron chi connectivity index (χ3n) is 8.55. The van der Waals surface area contributed by atoms with Crippen LogP contribution >= 0.6 is 0 Å². The van der Waals surface area contributed by atoms with Crippen LogP contribution in [0.4, 0.5) is 0 Å². The lowest BCUT2D eigenvalue weighted by Gasteiger charge is -2.67. The Labute approximate surface area is 148 Å². The minimum atomic E-state index is -1.43. The molecule has 0 aromatic rings. The summed E-state index contributed by atoms with van der Waals surface area (Å²) >= 11 is 0. The van der Waals surface area contributed by atoms with Gasteiger partial charge < -0.3 is 20.4 Å². The first-order valence-electron chi connectivity index (χ1n) is 9.46. The smallest absolute Gasteiger partial charge is 0.170 e. The molecule has 1 unspecified atom stereocenters. The molecule has 0 aromatic heterocycles. The number of fused-ring (bicyclic) bond motifs is 3. The molecule has 0 radical (unpaired) electrons. The van der Waals surface area contributed by atoms with Gasteiger partial charge in [-0.15, -0.1) is 0 Å². The van der Waals surface area contributed by atoms with E-state index >= 15 is 0 Å². The van der Waals surface area contributed by atoms with Crippen molar-refractivity contribution in [3.05, 3.63) is 12.2 Å². The summed E-state index contributed by atoms with van der Waals surface area (Å²) in [5.41, 5.74) is -1.96. The summed E-state index contributed by atoms with van der Waals surface area (Å²) in [4.78, 5) is 13.2. The molecule has 0 heterocycles. The molecule has 5 nitrogen and oxygen atoms in total. The van der Waals surface area contributed by atoms with Crippen molar-refractivity contribution in [3.63, 3.8) is 0 Å². The summed E-state index contributed by atoms with van der Waals surface area (Å²) in [6, 6.07) is 0. The summed E-state index contributed by atoms with van der Waals surface area (Å²) < 4.78 is 0. The maximum Gasteiger partial charge on any atom is 0.170 e. The van der Waals surface area contributed by atoms with Gasteiger partial charge in [-0.05, 0) is 42.6 Å². The van der Waals surface area contributed by atoms with Crippen molar-refractivity contribution in [2.75, 3.05) is 0 Å². The van der Waals surface area contributed by atoms with Crippen LogP contribution in [0.5, 0.6) is 0 Å². The van der Waals surface area contributed by atoms with Crippen LogP contribution in [0.3, 0.4) is 0 Å². The average molecular weight is 350 g/mol. The van der Waals surface area contributed by atoms with Crippen molar-refractivity contribution in [3.8, 4) is 0 Å². The highest BCUT2D eigenvalue weighted by atomic mass is 16.3. The number of ketones is 1. The standard InChI is InChI=1S/C20H30O5/c1-9-10-7-11(21)15-19(4)12(18(2,3)6-5-13(19)22)8-14(23)20(15,16(9)24)17(10)25/h10-15,17,21-23,25H,1,5-8H2,2-4H3/t10-,11-,12+,13-,14+,15-,17?,19-,20+/m0/s1. The van der Waals surface area contributed by atoms with Gasteiger partial charge in [0.2, 0.25) is 0 Å². The second-order valence-corrected chi connectivity index (χ2v) is 9.83. The highest BCUT2D eigenvalue weighted by molar-refractivity contribution is 6.04. The van der Waals surface area contributed by atoms with Crippen LogP contribution in [-0.2, 0) is 4.79 Å². The molecule has 0 amide bonds. The second kappa shape index (κ2) is 4.94. The van der Waals surface area contributed by atoms with Gasteiger partial charge in [0, 0.05) is 17.3 Å². The fourth-order valence-corrected chi connectivity index (χ4v) is 7.38. The molecule has 0 aromatic carbocycles. The van der Waals surface area contributed by atoms with E-state index in [4.69, 9.17) is 0 Å². The van der Waals surface area contributed by atoms with Crippen LogP contribution in [0.2, 0.25) is 0 Å². The number of hydrogen-bond acceptors (Lipinski definition) is 5. The molecule has 4 rings (SSSR count). The summed E-state index contributed by atoms with van der Waals surface area (Å²) in [6.07, 6.45) is -1.52. The van der Waals surface area contributed by atoms with E-state index in [0.717, 1.165) is 6.42 Å². The van der Waals surface area contributed by atoms with Gasteiger partial charge in [-0.2, -0.15) is 0 Å². The molecule has 4 aliphatic carbocycles. The highest BCUT2D eigenvalue weighted by Crippen LogP contribution is 2.70. The Bertz CT molecular complexity index is 642. The molecule has 4 N–H and O–H groups in total. The minimum Gasteiger partial charge on any atom is -0.393 e. The SMILES string of the molecule is C=C1C(=O)[C@]23C(O)[C@H]1C[C@H](O)[C@H]2[C@@]1(C)[C@H](C[C@H]3O)C(C)(C)CC[C@@H]1O. The lowest BCUT2D eigenvalue weighted by atomic mass is 9.38. The van der Waals surface area contributed by atoms with Gasteiger partial charge in [0.1, 0.15) is 0 Å². The van der Waals surface area contributed by atoms with Gasteiger partial charge in [0.25, 0.3) is 0 Å². The van der Waals surface area contributed by atoms with Gasteiger partial charge in [-0.1, -0.05) is 27.4 Å². The van der Waals surface area contributed by atoms with Gasteiger partial charge in [-0.25, -0.2) is 0 Å². The summed E-state index contributed by atoms with van der Waals surface area (Å²) in [5, 5.41) is 44.1. The number of aliphatic hydroxyl groups excluding tert-OH is 4. The molecule has 1 spiro atoms. The van der Waals surface area contributed by atoms with E-state index in [1.54, 1.807) is 0 Å². The Morgan fingerprint density at radius 1 is 1.04 bits per heavy atom. The molecular formula is C20H30O5. The monoisotopic (exact) mass is 350 g/mol. The van der Waals surface area contributed by atoms with Gasteiger partial charge in [0.15, 0.2) is 5.78 Å². The van der Waals surface area contributed by atoms with E-state index in [0.29, 0.717) is 18.4 Å². The van der Waals surface area contributed by atoms with Crippen molar-refractivity contribution in [2.24, 2.45) is 34.0 Å². The molecule has 0 saturated heterocycles. The van der Waals surface area contributed by atoms with Crippen LogP contribution < -0.4 is 0 Å². The maximum atomic E-state index is 13.2. The quantitative estimate of drug-likeness (QED) is 0.489. The van der Waals surface area contributed by atoms with E-state index in [2.05, 4.69) is 20.4 Å². The Morgan fingerprint density at radius 3 is 2.32 bits per heavy atom. The fraction of sp³-hybridized carbons (Fsp3) is 0.850. The third-order valence-corrected chi connectivity index (χ3v) is 8.55. The molecule has 2 bridgehead atoms. The van der Waals surface area contributed by atoms with Gasteiger partial charge in [0.05, 0.1) is 29.8 Å². The van der Waals surface area contributed by atoms with Crippen molar-refractivity contribution in [1.29, 1.82) is 0 Å². The maximum absolute atomic E-state index is 13.2. The second-order valence-electron chi connectivity index (χ2n) is 9.83. The van der Waals surface area contributed by atoms with Gasteiger partial charge in [-0.3, -0.25) is 4.79 Å². The number of carbonyl (C=O) groups is 1. The molecule has 4 fully saturated rings. The zero-order chi connectivity index (χ0) is 18.5. The topological polar surface area (TPSA) is 98.0 Å². The van der Waals surface area contributed by atoms with Crippen LogP contribution in [0.25, 0.3) is 0 Å². The van der Waals surface area contributed by atoms with E-state index in [1.807, 2.05) is 6.92 Å². The van der Waals surface area contributed by atoms with Crippen molar-refractivity contribution in [2.45, 2.75) is 70.9 Å². The molecule has 25 heavy (non-hydrogen) atoms. The van der Waals surface area contributed by atoms with E-state index < -0.39 is 47.1 Å². The number of carbonyl (C=O) groups excluding carboxylic acids is 1.